The number of anilines is 1. The van der Waals surface area contributed by atoms with E-state index in [0.717, 1.165) is 34.4 Å². The minimum atomic E-state index is 0.00845. The van der Waals surface area contributed by atoms with Crippen LogP contribution < -0.4 is 5.32 Å². The van der Waals surface area contributed by atoms with Crippen molar-refractivity contribution in [3.8, 4) is 22.3 Å². The Hall–Kier alpha value is -2.87. The van der Waals surface area contributed by atoms with Gasteiger partial charge in [-0.2, -0.15) is 0 Å². The molecule has 0 aromatic heterocycles. The van der Waals surface area contributed by atoms with E-state index >= 15 is 0 Å². The molecule has 0 bridgehead atoms. The average molecular weight is 498 g/mol. The highest BCUT2D eigenvalue weighted by Crippen LogP contribution is 2.42. The van der Waals surface area contributed by atoms with Gasteiger partial charge in [0.2, 0.25) is 6.41 Å². The van der Waals surface area contributed by atoms with Crippen molar-refractivity contribution in [1.29, 1.82) is 0 Å². The molecule has 198 valence electrons. The van der Waals surface area contributed by atoms with E-state index in [2.05, 4.69) is 143 Å². The van der Waals surface area contributed by atoms with E-state index in [4.69, 9.17) is 0 Å². The van der Waals surface area contributed by atoms with Crippen molar-refractivity contribution in [2.24, 2.45) is 0 Å². The second-order valence-corrected chi connectivity index (χ2v) is 14.6. The summed E-state index contributed by atoms with van der Waals surface area (Å²) in [5.74, 6) is 0. The highest BCUT2D eigenvalue weighted by atomic mass is 16.1. The van der Waals surface area contributed by atoms with Crippen LogP contribution in [0.5, 0.6) is 0 Å². The zero-order chi connectivity index (χ0) is 28.0. The van der Waals surface area contributed by atoms with Crippen LogP contribution in [0.4, 0.5) is 5.69 Å². The summed E-state index contributed by atoms with van der Waals surface area (Å²) in [6.45, 7) is 27.1. The summed E-state index contributed by atoms with van der Waals surface area (Å²) in [6.07, 6.45) is 0.804. The maximum atomic E-state index is 11.9. The molecule has 2 heteroatoms. The van der Waals surface area contributed by atoms with Crippen molar-refractivity contribution in [2.75, 3.05) is 5.32 Å². The number of carbonyl (C=O) groups is 1. The number of rotatable bonds is 4. The van der Waals surface area contributed by atoms with Gasteiger partial charge in [-0.15, -0.1) is 0 Å². The van der Waals surface area contributed by atoms with E-state index in [-0.39, 0.29) is 21.7 Å². The lowest BCUT2D eigenvalue weighted by molar-refractivity contribution is -0.105. The third-order valence-electron chi connectivity index (χ3n) is 7.22. The molecule has 0 fully saturated rings. The van der Waals surface area contributed by atoms with Crippen LogP contribution in [-0.2, 0) is 26.5 Å². The number of amides is 1. The molecule has 1 N–H and O–H groups in total. The van der Waals surface area contributed by atoms with Crippen LogP contribution in [0.25, 0.3) is 22.3 Å². The maximum absolute atomic E-state index is 11.9. The first-order valence-corrected chi connectivity index (χ1v) is 13.5. The van der Waals surface area contributed by atoms with Crippen LogP contribution in [0.1, 0.15) is 105 Å². The molecule has 0 aliphatic rings. The van der Waals surface area contributed by atoms with Gasteiger partial charge in [0, 0.05) is 11.1 Å². The topological polar surface area (TPSA) is 29.1 Å². The van der Waals surface area contributed by atoms with Crippen LogP contribution in [0.2, 0.25) is 0 Å². The van der Waals surface area contributed by atoms with Gasteiger partial charge >= 0.3 is 0 Å². The third kappa shape index (κ3) is 6.53. The number of benzene rings is 3. The summed E-state index contributed by atoms with van der Waals surface area (Å²) in [6, 6.07) is 20.2. The van der Waals surface area contributed by atoms with Gasteiger partial charge in [-0.3, -0.25) is 4.79 Å². The van der Waals surface area contributed by atoms with Gasteiger partial charge in [0.05, 0.1) is 5.69 Å². The zero-order valence-corrected chi connectivity index (χ0v) is 25.2. The van der Waals surface area contributed by atoms with Gasteiger partial charge in [-0.1, -0.05) is 138 Å². The summed E-state index contributed by atoms with van der Waals surface area (Å²) in [5.41, 5.74) is 10.4. The van der Waals surface area contributed by atoms with Crippen molar-refractivity contribution < 1.29 is 4.79 Å². The molecule has 0 saturated heterocycles. The van der Waals surface area contributed by atoms with Crippen LogP contribution in [0, 0.1) is 0 Å². The highest BCUT2D eigenvalue weighted by Gasteiger charge is 2.24. The second-order valence-electron chi connectivity index (χ2n) is 14.6. The fraction of sp³-hybridized carbons (Fsp3) is 0.457. The standard InChI is InChI=1S/C35H47NO/c1-32(2,3)25-16-23(17-26(20-25)33(4,5)6)29-14-13-15-30(31(29)36-22-37)24-18-27(34(7,8)9)21-28(19-24)35(10,11)12/h13-22H,1-12H3,(H,36,37). The van der Waals surface area contributed by atoms with Crippen molar-refractivity contribution in [1.82, 2.24) is 0 Å². The summed E-state index contributed by atoms with van der Waals surface area (Å²) >= 11 is 0. The molecule has 3 rings (SSSR count). The smallest absolute Gasteiger partial charge is 0.211 e. The van der Waals surface area contributed by atoms with Gasteiger partial charge in [0.1, 0.15) is 0 Å². The van der Waals surface area contributed by atoms with E-state index in [1.165, 1.54) is 22.3 Å². The predicted molar refractivity (Wildman–Crippen MR) is 162 cm³/mol. The Morgan fingerprint density at radius 2 is 0.811 bits per heavy atom. The normalized spacial score (nSPS) is 13.0. The molecular weight excluding hydrogens is 450 g/mol. The Kier molecular flexibility index (Phi) is 7.59. The Labute approximate surface area is 225 Å². The highest BCUT2D eigenvalue weighted by molar-refractivity contribution is 5.96. The number of para-hydroxylation sites is 1. The number of hydrogen-bond donors (Lipinski definition) is 1. The van der Waals surface area contributed by atoms with Gasteiger partial charge < -0.3 is 5.32 Å². The molecule has 3 aromatic rings. The van der Waals surface area contributed by atoms with Crippen LogP contribution in [0.3, 0.4) is 0 Å². The minimum absolute atomic E-state index is 0.00845. The summed E-state index contributed by atoms with van der Waals surface area (Å²) in [7, 11) is 0. The lowest BCUT2D eigenvalue weighted by Gasteiger charge is -2.28. The Balaban J connectivity index is 2.37. The SMILES string of the molecule is CC(C)(C)c1cc(-c2cccc(-c3cc(C(C)(C)C)cc(C(C)(C)C)c3)c2NC=O)cc(C(C)(C)C)c1. The van der Waals surface area contributed by atoms with E-state index in [1.54, 1.807) is 0 Å². The van der Waals surface area contributed by atoms with Gasteiger partial charge in [0.15, 0.2) is 0 Å². The largest absolute Gasteiger partial charge is 0.328 e. The van der Waals surface area contributed by atoms with Crippen molar-refractivity contribution in [3.05, 3.63) is 76.9 Å². The first kappa shape index (κ1) is 28.7. The monoisotopic (exact) mass is 497 g/mol. The number of carbonyl (C=O) groups excluding carboxylic acids is 1. The molecular formula is C35H47NO. The molecule has 3 aromatic carbocycles. The molecule has 0 atom stereocenters. The van der Waals surface area contributed by atoms with E-state index in [0.29, 0.717) is 0 Å². The first-order valence-electron chi connectivity index (χ1n) is 13.5. The predicted octanol–water partition coefficient (Wildman–Crippen LogP) is 9.78. The fourth-order valence-electron chi connectivity index (χ4n) is 4.55. The minimum Gasteiger partial charge on any atom is -0.328 e. The van der Waals surface area contributed by atoms with Gasteiger partial charge in [-0.05, 0) is 55.0 Å². The van der Waals surface area contributed by atoms with Crippen LogP contribution in [-0.4, -0.2) is 6.41 Å². The lowest BCUT2D eigenvalue weighted by Crippen LogP contribution is -2.17. The van der Waals surface area contributed by atoms with E-state index in [1.807, 2.05) is 0 Å². The molecule has 0 aliphatic carbocycles. The summed E-state index contributed by atoms with van der Waals surface area (Å²) < 4.78 is 0. The van der Waals surface area contributed by atoms with Gasteiger partial charge in [0.25, 0.3) is 0 Å². The summed E-state index contributed by atoms with van der Waals surface area (Å²) in [4.78, 5) is 11.9. The Morgan fingerprint density at radius 1 is 0.514 bits per heavy atom. The molecule has 0 aliphatic heterocycles. The fourth-order valence-corrected chi connectivity index (χ4v) is 4.55. The quantitative estimate of drug-likeness (QED) is 0.357. The number of hydrogen-bond acceptors (Lipinski definition) is 1. The molecule has 2 nitrogen and oxygen atoms in total. The third-order valence-corrected chi connectivity index (χ3v) is 7.22. The van der Waals surface area contributed by atoms with Crippen molar-refractivity contribution in [2.45, 2.75) is 105 Å². The summed E-state index contributed by atoms with van der Waals surface area (Å²) in [5, 5.41) is 3.09. The van der Waals surface area contributed by atoms with Crippen molar-refractivity contribution in [3.63, 3.8) is 0 Å². The molecule has 1 amide bonds. The Bertz CT molecular complexity index is 1130. The first-order chi connectivity index (χ1) is 16.8. The van der Waals surface area contributed by atoms with Crippen LogP contribution >= 0.6 is 0 Å². The van der Waals surface area contributed by atoms with Gasteiger partial charge in [-0.25, -0.2) is 0 Å². The average Bonchev–Trinajstić information content (AvgIpc) is 2.76. The molecule has 0 radical (unpaired) electrons. The molecule has 0 saturated carbocycles. The zero-order valence-electron chi connectivity index (χ0n) is 25.2. The molecule has 37 heavy (non-hydrogen) atoms. The number of nitrogens with one attached hydrogen (secondary N) is 1. The Morgan fingerprint density at radius 3 is 1.05 bits per heavy atom. The second kappa shape index (κ2) is 9.78. The van der Waals surface area contributed by atoms with Crippen LogP contribution in [0.15, 0.2) is 54.6 Å². The maximum Gasteiger partial charge on any atom is 0.211 e. The molecule has 0 heterocycles. The lowest BCUT2D eigenvalue weighted by atomic mass is 9.78. The molecule has 0 unspecified atom stereocenters. The van der Waals surface area contributed by atoms with Crippen molar-refractivity contribution >= 4 is 12.1 Å². The molecule has 0 spiro atoms. The van der Waals surface area contributed by atoms with E-state index < -0.39 is 0 Å². The van der Waals surface area contributed by atoms with E-state index in [9.17, 15) is 4.79 Å².